The van der Waals surface area contributed by atoms with Gasteiger partial charge in [-0.2, -0.15) is 0 Å². The maximum Gasteiger partial charge on any atom is 0.253 e. The Morgan fingerprint density at radius 2 is 2.16 bits per heavy atom. The van der Waals surface area contributed by atoms with Gasteiger partial charge in [0.1, 0.15) is 0 Å². The molecular weight excluding hydrogens is 240 g/mol. The van der Waals surface area contributed by atoms with Gasteiger partial charge in [-0.25, -0.2) is 0 Å². The molecule has 1 aromatic heterocycles. The zero-order valence-electron chi connectivity index (χ0n) is 12.1. The van der Waals surface area contributed by atoms with E-state index in [1.807, 2.05) is 6.92 Å². The molecule has 0 aliphatic carbocycles. The Kier molecular flexibility index (Phi) is 6.89. The van der Waals surface area contributed by atoms with Crippen LogP contribution in [0.1, 0.15) is 30.1 Å². The van der Waals surface area contributed by atoms with E-state index in [9.17, 15) is 4.79 Å². The zero-order chi connectivity index (χ0) is 14.1. The lowest BCUT2D eigenvalue weighted by Gasteiger charge is -2.11. The van der Waals surface area contributed by atoms with Gasteiger partial charge in [-0.3, -0.25) is 9.78 Å². The minimum Gasteiger partial charge on any atom is -0.383 e. The number of hydrogen-bond donors (Lipinski definition) is 2. The highest BCUT2D eigenvalue weighted by Crippen LogP contribution is 2.12. The Morgan fingerprint density at radius 1 is 1.37 bits per heavy atom. The monoisotopic (exact) mass is 264 g/mol. The summed E-state index contributed by atoms with van der Waals surface area (Å²) < 4.78 is 0. The van der Waals surface area contributed by atoms with Crippen molar-refractivity contribution in [2.75, 3.05) is 39.0 Å². The first kappa shape index (κ1) is 15.4. The summed E-state index contributed by atoms with van der Waals surface area (Å²) in [5, 5.41) is 6.09. The molecule has 0 saturated heterocycles. The van der Waals surface area contributed by atoms with Crippen molar-refractivity contribution in [3.05, 3.63) is 24.0 Å². The molecule has 0 aromatic carbocycles. The first-order valence-electron chi connectivity index (χ1n) is 6.76. The molecule has 1 amide bonds. The fourth-order valence-electron chi connectivity index (χ4n) is 1.77. The minimum absolute atomic E-state index is 0.0387. The van der Waals surface area contributed by atoms with Gasteiger partial charge in [0.05, 0.1) is 17.4 Å². The molecule has 1 heterocycles. The van der Waals surface area contributed by atoms with Crippen LogP contribution in [-0.2, 0) is 0 Å². The smallest absolute Gasteiger partial charge is 0.253 e. The van der Waals surface area contributed by atoms with E-state index in [4.69, 9.17) is 0 Å². The van der Waals surface area contributed by atoms with E-state index in [0.717, 1.165) is 31.6 Å². The van der Waals surface area contributed by atoms with Crippen molar-refractivity contribution in [1.29, 1.82) is 0 Å². The number of carbonyl (C=O) groups is 1. The Balaban J connectivity index is 2.41. The van der Waals surface area contributed by atoms with E-state index in [2.05, 4.69) is 34.6 Å². The van der Waals surface area contributed by atoms with E-state index in [1.165, 1.54) is 0 Å². The van der Waals surface area contributed by atoms with Crippen LogP contribution in [0, 0.1) is 0 Å². The third kappa shape index (κ3) is 5.70. The van der Waals surface area contributed by atoms with Crippen LogP contribution in [0.4, 0.5) is 5.69 Å². The number of amides is 1. The summed E-state index contributed by atoms with van der Waals surface area (Å²) >= 11 is 0. The average Bonchev–Trinajstić information content (AvgIpc) is 2.39. The van der Waals surface area contributed by atoms with Crippen LogP contribution in [-0.4, -0.2) is 49.5 Å². The molecule has 2 N–H and O–H groups in total. The third-order valence-electron chi connectivity index (χ3n) is 2.75. The largest absolute Gasteiger partial charge is 0.383 e. The molecule has 0 atom stereocenters. The van der Waals surface area contributed by atoms with Crippen molar-refractivity contribution >= 4 is 11.6 Å². The van der Waals surface area contributed by atoms with Gasteiger partial charge in [0, 0.05) is 19.3 Å². The summed E-state index contributed by atoms with van der Waals surface area (Å²) in [6, 6.07) is 1.74. The fourth-order valence-corrected chi connectivity index (χ4v) is 1.77. The van der Waals surface area contributed by atoms with Crippen molar-refractivity contribution in [3.63, 3.8) is 0 Å². The van der Waals surface area contributed by atoms with E-state index >= 15 is 0 Å². The minimum atomic E-state index is -0.0387. The molecule has 1 aromatic rings. The van der Waals surface area contributed by atoms with Crippen molar-refractivity contribution < 1.29 is 4.79 Å². The van der Waals surface area contributed by atoms with Gasteiger partial charge in [-0.05, 0) is 46.5 Å². The van der Waals surface area contributed by atoms with Crippen molar-refractivity contribution in [2.45, 2.75) is 19.8 Å². The molecule has 0 radical (unpaired) electrons. The van der Waals surface area contributed by atoms with Gasteiger partial charge < -0.3 is 15.5 Å². The van der Waals surface area contributed by atoms with Crippen molar-refractivity contribution in [3.8, 4) is 0 Å². The Bertz CT molecular complexity index is 393. The van der Waals surface area contributed by atoms with Crippen molar-refractivity contribution in [1.82, 2.24) is 15.2 Å². The number of unbranched alkanes of at least 4 members (excludes halogenated alkanes) is 1. The zero-order valence-corrected chi connectivity index (χ0v) is 12.1. The van der Waals surface area contributed by atoms with Gasteiger partial charge in [0.15, 0.2) is 0 Å². The fraction of sp³-hybridized carbons (Fsp3) is 0.571. The quantitative estimate of drug-likeness (QED) is 0.700. The van der Waals surface area contributed by atoms with Crippen LogP contribution < -0.4 is 10.6 Å². The van der Waals surface area contributed by atoms with Crippen LogP contribution in [0.25, 0.3) is 0 Å². The molecule has 106 valence electrons. The number of pyridine rings is 1. The second-order valence-electron chi connectivity index (χ2n) is 4.72. The normalized spacial score (nSPS) is 10.5. The van der Waals surface area contributed by atoms with E-state index in [0.29, 0.717) is 12.1 Å². The number of nitrogens with zero attached hydrogens (tertiary/aromatic N) is 2. The molecule has 19 heavy (non-hydrogen) atoms. The lowest BCUT2D eigenvalue weighted by atomic mass is 10.2. The van der Waals surface area contributed by atoms with Gasteiger partial charge in [0.25, 0.3) is 5.91 Å². The van der Waals surface area contributed by atoms with Crippen LogP contribution in [0.5, 0.6) is 0 Å². The molecule has 1 rings (SSSR count). The van der Waals surface area contributed by atoms with Crippen LogP contribution >= 0.6 is 0 Å². The Morgan fingerprint density at radius 3 is 2.84 bits per heavy atom. The third-order valence-corrected chi connectivity index (χ3v) is 2.75. The predicted molar refractivity (Wildman–Crippen MR) is 78.5 cm³/mol. The number of carbonyl (C=O) groups excluding carboxylic acids is 1. The van der Waals surface area contributed by atoms with E-state index < -0.39 is 0 Å². The number of anilines is 1. The summed E-state index contributed by atoms with van der Waals surface area (Å²) in [6.45, 7) is 4.53. The maximum absolute atomic E-state index is 12.0. The molecule has 0 aliphatic rings. The molecule has 0 unspecified atom stereocenters. The second-order valence-corrected chi connectivity index (χ2v) is 4.72. The first-order chi connectivity index (χ1) is 9.15. The summed E-state index contributed by atoms with van der Waals surface area (Å²) in [5.74, 6) is -0.0387. The van der Waals surface area contributed by atoms with Crippen molar-refractivity contribution in [2.24, 2.45) is 0 Å². The summed E-state index contributed by atoms with van der Waals surface area (Å²) in [7, 11) is 4.11. The molecule has 0 aliphatic heterocycles. The first-order valence-corrected chi connectivity index (χ1v) is 6.76. The molecule has 0 fully saturated rings. The topological polar surface area (TPSA) is 57.3 Å². The highest BCUT2D eigenvalue weighted by Gasteiger charge is 2.09. The van der Waals surface area contributed by atoms with Gasteiger partial charge in [-0.1, -0.05) is 0 Å². The number of aromatic nitrogens is 1. The number of hydrogen-bond acceptors (Lipinski definition) is 4. The highest BCUT2D eigenvalue weighted by atomic mass is 16.1. The van der Waals surface area contributed by atoms with E-state index in [1.54, 1.807) is 18.5 Å². The second kappa shape index (κ2) is 8.48. The number of rotatable bonds is 8. The highest BCUT2D eigenvalue weighted by molar-refractivity contribution is 5.99. The van der Waals surface area contributed by atoms with Gasteiger partial charge in [-0.15, -0.1) is 0 Å². The Hall–Kier alpha value is -1.62. The summed E-state index contributed by atoms with van der Waals surface area (Å²) in [5.41, 5.74) is 1.44. The average molecular weight is 264 g/mol. The SMILES string of the molecule is CCNc1cnccc1C(=O)NCCCCN(C)C. The Labute approximate surface area is 115 Å². The number of nitrogens with one attached hydrogen (secondary N) is 2. The molecule has 5 heteroatoms. The summed E-state index contributed by atoms with van der Waals surface area (Å²) in [4.78, 5) is 18.2. The lowest BCUT2D eigenvalue weighted by Crippen LogP contribution is -2.26. The summed E-state index contributed by atoms with van der Waals surface area (Å²) in [6.07, 6.45) is 5.40. The van der Waals surface area contributed by atoms with Gasteiger partial charge in [0.2, 0.25) is 0 Å². The van der Waals surface area contributed by atoms with Crippen LogP contribution in [0.15, 0.2) is 18.5 Å². The van der Waals surface area contributed by atoms with Gasteiger partial charge >= 0.3 is 0 Å². The lowest BCUT2D eigenvalue weighted by molar-refractivity contribution is 0.0953. The van der Waals surface area contributed by atoms with Crippen LogP contribution in [0.3, 0.4) is 0 Å². The maximum atomic E-state index is 12.0. The molecule has 0 bridgehead atoms. The van der Waals surface area contributed by atoms with Crippen LogP contribution in [0.2, 0.25) is 0 Å². The molecule has 0 saturated carbocycles. The molecule has 0 spiro atoms. The molecular formula is C14H24N4O. The van der Waals surface area contributed by atoms with E-state index in [-0.39, 0.29) is 5.91 Å². The standard InChI is InChI=1S/C14H24N4O/c1-4-16-13-11-15-9-7-12(13)14(19)17-8-5-6-10-18(2)3/h7,9,11,16H,4-6,8,10H2,1-3H3,(H,17,19). The molecule has 5 nitrogen and oxygen atoms in total. The predicted octanol–water partition coefficient (Wildman–Crippen LogP) is 1.58.